The van der Waals surface area contributed by atoms with Crippen LogP contribution in [0.15, 0.2) is 61.1 Å². The molecule has 0 fully saturated rings. The number of ether oxygens (including phenoxy) is 2. The van der Waals surface area contributed by atoms with Gasteiger partial charge in [0.2, 0.25) is 0 Å². The molecule has 26 heavy (non-hydrogen) atoms. The van der Waals surface area contributed by atoms with Crippen molar-refractivity contribution in [2.75, 3.05) is 13.2 Å². The van der Waals surface area contributed by atoms with E-state index in [4.69, 9.17) is 31.8 Å². The number of nitrogens with two attached hydrogens (primary N) is 2. The highest BCUT2D eigenvalue weighted by atomic mass is 16.5. The van der Waals surface area contributed by atoms with Gasteiger partial charge >= 0.3 is 0 Å². The van der Waals surface area contributed by atoms with Gasteiger partial charge in [0, 0.05) is 11.1 Å². The van der Waals surface area contributed by atoms with Gasteiger partial charge in [0.05, 0.1) is 12.5 Å². The molecular weight excluding hydrogens is 328 g/mol. The zero-order chi connectivity index (χ0) is 18.8. The van der Waals surface area contributed by atoms with E-state index in [2.05, 4.69) is 0 Å². The van der Waals surface area contributed by atoms with Crippen molar-refractivity contribution in [3.05, 3.63) is 83.3 Å². The topological polar surface area (TPSA) is 118 Å². The Morgan fingerprint density at radius 2 is 1.04 bits per heavy atom. The zero-order valence-electron chi connectivity index (χ0n) is 14.3. The summed E-state index contributed by atoms with van der Waals surface area (Å²) in [5.41, 5.74) is 14.1. The first-order valence-corrected chi connectivity index (χ1v) is 8.01. The van der Waals surface area contributed by atoms with Gasteiger partial charge < -0.3 is 20.9 Å². The Morgan fingerprint density at radius 1 is 0.692 bits per heavy atom. The first kappa shape index (κ1) is 18.8. The molecule has 0 unspecified atom stereocenters. The van der Waals surface area contributed by atoms with E-state index in [0.29, 0.717) is 24.3 Å². The lowest BCUT2D eigenvalue weighted by atomic mass is 10.1. The maximum absolute atomic E-state index is 7.34. The van der Waals surface area contributed by atoms with Gasteiger partial charge in [-0.1, -0.05) is 48.5 Å². The van der Waals surface area contributed by atoms with Crippen molar-refractivity contribution in [3.63, 3.8) is 0 Å². The first-order valence-electron chi connectivity index (χ1n) is 8.01. The summed E-state index contributed by atoms with van der Waals surface area (Å²) < 4.78 is 10.7. The quantitative estimate of drug-likeness (QED) is 0.241. The maximum atomic E-state index is 7.34. The lowest BCUT2D eigenvalue weighted by molar-refractivity contribution is 0.152. The molecule has 0 spiro atoms. The molecule has 6 N–H and O–H groups in total. The van der Waals surface area contributed by atoms with E-state index in [1.165, 1.54) is 0 Å². The Kier molecular flexibility index (Phi) is 7.00. The fourth-order valence-corrected chi connectivity index (χ4v) is 2.03. The van der Waals surface area contributed by atoms with Crippen molar-refractivity contribution in [2.24, 2.45) is 11.5 Å². The summed E-state index contributed by atoms with van der Waals surface area (Å²) in [6.07, 6.45) is 6.87. The average molecular weight is 350 g/mol. The van der Waals surface area contributed by atoms with Crippen molar-refractivity contribution in [1.29, 1.82) is 10.8 Å². The molecule has 134 valence electrons. The van der Waals surface area contributed by atoms with Gasteiger partial charge in [-0.2, -0.15) is 0 Å². The number of hydrogen-bond donors (Lipinski definition) is 4. The molecule has 0 saturated carbocycles. The smallest absolute Gasteiger partial charge is 0.122 e. The van der Waals surface area contributed by atoms with Crippen LogP contribution in [0.4, 0.5) is 0 Å². The third-order valence-corrected chi connectivity index (χ3v) is 3.48. The van der Waals surface area contributed by atoms with Crippen molar-refractivity contribution in [2.45, 2.75) is 0 Å². The molecule has 0 atom stereocenters. The van der Waals surface area contributed by atoms with Gasteiger partial charge in [0.15, 0.2) is 0 Å². The third-order valence-electron chi connectivity index (χ3n) is 3.48. The minimum Gasteiger partial charge on any atom is -0.498 e. The second-order valence-corrected chi connectivity index (χ2v) is 5.42. The second kappa shape index (κ2) is 9.68. The fraction of sp³-hybridized carbons (Fsp3) is 0.100. The Balaban J connectivity index is 1.65. The lowest BCUT2D eigenvalue weighted by Gasteiger charge is -2.02. The number of nitrogen functional groups attached to an aromatic ring is 2. The minimum absolute atomic E-state index is 0.0526. The molecule has 6 heteroatoms. The highest BCUT2D eigenvalue weighted by Gasteiger charge is 1.95. The van der Waals surface area contributed by atoms with E-state index in [1.54, 1.807) is 36.8 Å². The molecule has 0 heterocycles. The number of amidine groups is 2. The number of benzene rings is 2. The second-order valence-electron chi connectivity index (χ2n) is 5.42. The van der Waals surface area contributed by atoms with E-state index in [0.717, 1.165) is 11.1 Å². The molecule has 0 amide bonds. The van der Waals surface area contributed by atoms with Crippen molar-refractivity contribution < 1.29 is 9.47 Å². The molecule has 0 aliphatic heterocycles. The molecular formula is C20H22N4O2. The third kappa shape index (κ3) is 6.16. The van der Waals surface area contributed by atoms with Gasteiger partial charge in [-0.05, 0) is 23.3 Å². The molecule has 0 bridgehead atoms. The maximum Gasteiger partial charge on any atom is 0.122 e. The predicted molar refractivity (Wildman–Crippen MR) is 105 cm³/mol. The van der Waals surface area contributed by atoms with Crippen LogP contribution in [0.5, 0.6) is 0 Å². The van der Waals surface area contributed by atoms with Gasteiger partial charge in [0.25, 0.3) is 0 Å². The molecule has 2 rings (SSSR count). The van der Waals surface area contributed by atoms with E-state index in [1.807, 2.05) is 36.4 Å². The first-order chi connectivity index (χ1) is 12.6. The Hall–Kier alpha value is -3.54. The summed E-state index contributed by atoms with van der Waals surface area (Å²) >= 11 is 0. The Morgan fingerprint density at radius 3 is 1.35 bits per heavy atom. The van der Waals surface area contributed by atoms with Crippen molar-refractivity contribution >= 4 is 23.8 Å². The zero-order valence-corrected chi connectivity index (χ0v) is 14.3. The van der Waals surface area contributed by atoms with Crippen molar-refractivity contribution in [1.82, 2.24) is 0 Å². The van der Waals surface area contributed by atoms with Crippen LogP contribution in [0.2, 0.25) is 0 Å². The Bertz CT molecular complexity index is 724. The molecule has 0 saturated heterocycles. The van der Waals surface area contributed by atoms with Crippen LogP contribution in [0.3, 0.4) is 0 Å². The van der Waals surface area contributed by atoms with Gasteiger partial charge in [-0.3, -0.25) is 10.8 Å². The molecule has 0 aliphatic rings. The normalized spacial score (nSPS) is 10.9. The summed E-state index contributed by atoms with van der Waals surface area (Å²) in [6.45, 7) is 0.852. The highest BCUT2D eigenvalue weighted by Crippen LogP contribution is 2.07. The van der Waals surface area contributed by atoms with Crippen LogP contribution in [0.1, 0.15) is 22.3 Å². The summed E-state index contributed by atoms with van der Waals surface area (Å²) in [7, 11) is 0. The largest absolute Gasteiger partial charge is 0.498 e. The molecule has 0 radical (unpaired) electrons. The Labute approximate surface area is 152 Å². The van der Waals surface area contributed by atoms with Crippen LogP contribution in [-0.4, -0.2) is 24.9 Å². The minimum atomic E-state index is 0.0526. The van der Waals surface area contributed by atoms with E-state index in [9.17, 15) is 0 Å². The van der Waals surface area contributed by atoms with Crippen LogP contribution < -0.4 is 11.5 Å². The lowest BCUT2D eigenvalue weighted by Crippen LogP contribution is -2.10. The van der Waals surface area contributed by atoms with Gasteiger partial charge in [0.1, 0.15) is 24.9 Å². The van der Waals surface area contributed by atoms with Crippen molar-refractivity contribution in [3.8, 4) is 0 Å². The van der Waals surface area contributed by atoms with Crippen LogP contribution in [-0.2, 0) is 9.47 Å². The highest BCUT2D eigenvalue weighted by molar-refractivity contribution is 5.95. The standard InChI is InChI=1S/C20H22N4O2/c21-19(22)17-5-1-15(2-6-17)9-11-25-13-14-26-12-10-16-3-7-18(8-4-16)20(23)24/h1-12H,13-14H2,(H3,21,22)(H3,23,24)/b11-9+,12-10?. The molecule has 0 aromatic heterocycles. The van der Waals surface area contributed by atoms with E-state index >= 15 is 0 Å². The number of rotatable bonds is 9. The summed E-state index contributed by atoms with van der Waals surface area (Å²) in [5, 5.41) is 14.7. The average Bonchev–Trinajstić information content (AvgIpc) is 2.64. The number of hydrogen-bond acceptors (Lipinski definition) is 4. The SMILES string of the molecule is N=C(N)c1ccc(C=COCCO/C=C/c2ccc(C(=N)N)cc2)cc1. The van der Waals surface area contributed by atoms with Gasteiger partial charge in [-0.15, -0.1) is 0 Å². The van der Waals surface area contributed by atoms with Crippen LogP contribution in [0, 0.1) is 10.8 Å². The van der Waals surface area contributed by atoms with Crippen LogP contribution in [0.25, 0.3) is 12.2 Å². The summed E-state index contributed by atoms with van der Waals surface area (Å²) in [4.78, 5) is 0. The monoisotopic (exact) mass is 350 g/mol. The van der Waals surface area contributed by atoms with E-state index in [-0.39, 0.29) is 11.7 Å². The predicted octanol–water partition coefficient (Wildman–Crippen LogP) is 2.93. The van der Waals surface area contributed by atoms with Gasteiger partial charge in [-0.25, -0.2) is 0 Å². The summed E-state index contributed by atoms with van der Waals surface area (Å²) in [5.74, 6) is 0.105. The van der Waals surface area contributed by atoms with Crippen LogP contribution >= 0.6 is 0 Å². The summed E-state index contributed by atoms with van der Waals surface area (Å²) in [6, 6.07) is 14.6. The molecule has 2 aromatic rings. The molecule has 2 aromatic carbocycles. The fourth-order valence-electron chi connectivity index (χ4n) is 2.03. The molecule has 0 aliphatic carbocycles. The molecule has 6 nitrogen and oxygen atoms in total. The number of nitrogens with one attached hydrogen (secondary N) is 2. The van der Waals surface area contributed by atoms with E-state index < -0.39 is 0 Å².